The van der Waals surface area contributed by atoms with Gasteiger partial charge in [-0.25, -0.2) is 15.0 Å². The van der Waals surface area contributed by atoms with Crippen LogP contribution >= 0.6 is 0 Å². The van der Waals surface area contributed by atoms with Gasteiger partial charge in [-0.1, -0.05) is 0 Å². The minimum absolute atomic E-state index is 0.391. The SMILES string of the molecule is Nc1ccn(CCn2cnc3c(N)ncnc32)n1. The number of aromatic nitrogens is 6. The lowest BCUT2D eigenvalue weighted by Crippen LogP contribution is -2.08. The highest BCUT2D eigenvalue weighted by molar-refractivity contribution is 5.80. The Morgan fingerprint density at radius 3 is 2.78 bits per heavy atom. The first kappa shape index (κ1) is 10.5. The molecular formula is C10H12N8. The summed E-state index contributed by atoms with van der Waals surface area (Å²) < 4.78 is 3.68. The molecule has 3 rings (SSSR count). The van der Waals surface area contributed by atoms with Crippen LogP contribution in [0, 0.1) is 0 Å². The molecule has 3 aromatic rings. The maximum atomic E-state index is 5.72. The van der Waals surface area contributed by atoms with E-state index >= 15 is 0 Å². The molecule has 92 valence electrons. The van der Waals surface area contributed by atoms with Crippen LogP contribution in [-0.2, 0) is 13.1 Å². The average Bonchev–Trinajstić information content (AvgIpc) is 2.94. The molecule has 0 spiro atoms. The second-order valence-electron chi connectivity index (χ2n) is 3.87. The monoisotopic (exact) mass is 244 g/mol. The van der Waals surface area contributed by atoms with Crippen LogP contribution in [0.3, 0.4) is 0 Å². The summed E-state index contributed by atoms with van der Waals surface area (Å²) in [4.78, 5) is 12.3. The van der Waals surface area contributed by atoms with Gasteiger partial charge in [0.15, 0.2) is 11.5 Å². The Hall–Kier alpha value is -2.64. The molecule has 0 aliphatic heterocycles. The van der Waals surface area contributed by atoms with Crippen LogP contribution in [0.1, 0.15) is 0 Å². The van der Waals surface area contributed by atoms with E-state index in [1.54, 1.807) is 17.1 Å². The summed E-state index contributed by atoms with van der Waals surface area (Å²) >= 11 is 0. The molecule has 4 N–H and O–H groups in total. The van der Waals surface area contributed by atoms with Crippen molar-refractivity contribution in [3.05, 3.63) is 24.9 Å². The molecule has 0 amide bonds. The Balaban J connectivity index is 1.85. The van der Waals surface area contributed by atoms with Crippen LogP contribution in [0.4, 0.5) is 11.6 Å². The quantitative estimate of drug-likeness (QED) is 0.664. The number of fused-ring (bicyclic) bond motifs is 1. The molecule has 3 aromatic heterocycles. The van der Waals surface area contributed by atoms with Crippen molar-refractivity contribution in [3.8, 4) is 0 Å². The van der Waals surface area contributed by atoms with E-state index in [4.69, 9.17) is 11.5 Å². The Bertz CT molecular complexity index is 682. The number of hydrogen-bond acceptors (Lipinski definition) is 6. The van der Waals surface area contributed by atoms with Crippen LogP contribution in [0.5, 0.6) is 0 Å². The summed E-state index contributed by atoms with van der Waals surface area (Å²) in [5, 5.41) is 4.11. The molecule has 0 aliphatic rings. The van der Waals surface area contributed by atoms with E-state index in [2.05, 4.69) is 20.1 Å². The number of nitrogen functional groups attached to an aromatic ring is 2. The van der Waals surface area contributed by atoms with Crippen molar-refractivity contribution < 1.29 is 0 Å². The maximum Gasteiger partial charge on any atom is 0.165 e. The topological polar surface area (TPSA) is 113 Å². The fraction of sp³-hybridized carbons (Fsp3) is 0.200. The average molecular weight is 244 g/mol. The first-order valence-corrected chi connectivity index (χ1v) is 5.44. The van der Waals surface area contributed by atoms with Gasteiger partial charge in [-0.3, -0.25) is 4.68 Å². The molecule has 8 heteroatoms. The fourth-order valence-electron chi connectivity index (χ4n) is 1.77. The second kappa shape index (κ2) is 3.99. The molecule has 0 saturated carbocycles. The molecule has 0 unspecified atom stereocenters. The largest absolute Gasteiger partial charge is 0.382 e. The van der Waals surface area contributed by atoms with Gasteiger partial charge in [0.1, 0.15) is 17.7 Å². The smallest absolute Gasteiger partial charge is 0.165 e. The minimum Gasteiger partial charge on any atom is -0.382 e. The summed E-state index contributed by atoms with van der Waals surface area (Å²) in [6.07, 6.45) is 4.96. The summed E-state index contributed by atoms with van der Waals surface area (Å²) in [5.41, 5.74) is 12.6. The van der Waals surface area contributed by atoms with E-state index in [1.807, 2.05) is 10.8 Å². The van der Waals surface area contributed by atoms with Crippen LogP contribution in [-0.4, -0.2) is 29.3 Å². The molecular weight excluding hydrogens is 232 g/mol. The molecule has 0 bridgehead atoms. The van der Waals surface area contributed by atoms with Crippen LogP contribution < -0.4 is 11.5 Å². The van der Waals surface area contributed by atoms with Crippen molar-refractivity contribution in [2.75, 3.05) is 11.5 Å². The molecule has 0 aromatic carbocycles. The minimum atomic E-state index is 0.391. The Kier molecular flexibility index (Phi) is 2.33. The molecule has 18 heavy (non-hydrogen) atoms. The van der Waals surface area contributed by atoms with Gasteiger partial charge in [0.2, 0.25) is 0 Å². The van der Waals surface area contributed by atoms with Crippen molar-refractivity contribution in [1.82, 2.24) is 29.3 Å². The number of nitrogens with two attached hydrogens (primary N) is 2. The van der Waals surface area contributed by atoms with Gasteiger partial charge in [0.25, 0.3) is 0 Å². The zero-order valence-electron chi connectivity index (χ0n) is 9.56. The molecule has 8 nitrogen and oxygen atoms in total. The van der Waals surface area contributed by atoms with Crippen LogP contribution in [0.2, 0.25) is 0 Å². The highest BCUT2D eigenvalue weighted by Gasteiger charge is 2.07. The van der Waals surface area contributed by atoms with Gasteiger partial charge < -0.3 is 16.0 Å². The first-order valence-electron chi connectivity index (χ1n) is 5.44. The molecule has 0 atom stereocenters. The number of nitrogens with zero attached hydrogens (tertiary/aromatic N) is 6. The second-order valence-corrected chi connectivity index (χ2v) is 3.87. The Labute approximate surface area is 102 Å². The van der Waals surface area contributed by atoms with E-state index in [9.17, 15) is 0 Å². The maximum absolute atomic E-state index is 5.72. The highest BCUT2D eigenvalue weighted by atomic mass is 15.3. The van der Waals surface area contributed by atoms with Gasteiger partial charge in [-0.05, 0) is 6.07 Å². The third-order valence-electron chi connectivity index (χ3n) is 2.66. The number of rotatable bonds is 3. The summed E-state index contributed by atoms with van der Waals surface area (Å²) in [5.74, 6) is 0.902. The molecule has 0 saturated heterocycles. The Morgan fingerprint density at radius 2 is 2.00 bits per heavy atom. The van der Waals surface area contributed by atoms with E-state index in [0.29, 0.717) is 30.2 Å². The van der Waals surface area contributed by atoms with E-state index in [0.717, 1.165) is 5.65 Å². The number of aryl methyl sites for hydroxylation is 2. The standard InChI is InChI=1S/C10H12N8/c11-7-1-2-18(16-7)4-3-17-6-15-8-9(12)13-5-14-10(8)17/h1-2,5-6H,3-4H2,(H2,11,16)(H2,12,13,14). The van der Waals surface area contributed by atoms with Crippen molar-refractivity contribution in [2.45, 2.75) is 13.1 Å². The number of anilines is 2. The van der Waals surface area contributed by atoms with E-state index < -0.39 is 0 Å². The van der Waals surface area contributed by atoms with Crippen molar-refractivity contribution in [2.24, 2.45) is 0 Å². The van der Waals surface area contributed by atoms with Gasteiger partial charge in [-0.15, -0.1) is 0 Å². The molecule has 3 heterocycles. The lowest BCUT2D eigenvalue weighted by atomic mass is 10.5. The lowest BCUT2D eigenvalue weighted by molar-refractivity contribution is 0.540. The Morgan fingerprint density at radius 1 is 1.11 bits per heavy atom. The molecule has 0 aliphatic carbocycles. The predicted octanol–water partition coefficient (Wildman–Crippen LogP) is -0.113. The van der Waals surface area contributed by atoms with Gasteiger partial charge in [-0.2, -0.15) is 5.10 Å². The fourth-order valence-corrected chi connectivity index (χ4v) is 1.77. The highest BCUT2D eigenvalue weighted by Crippen LogP contribution is 2.14. The van der Waals surface area contributed by atoms with Crippen molar-refractivity contribution in [1.29, 1.82) is 0 Å². The zero-order valence-corrected chi connectivity index (χ0v) is 9.56. The molecule has 0 radical (unpaired) electrons. The third kappa shape index (κ3) is 1.73. The van der Waals surface area contributed by atoms with Crippen molar-refractivity contribution >= 4 is 22.8 Å². The lowest BCUT2D eigenvalue weighted by Gasteiger charge is -2.03. The number of imidazole rings is 1. The number of hydrogen-bond donors (Lipinski definition) is 2. The predicted molar refractivity (Wildman–Crippen MR) is 66.4 cm³/mol. The summed E-state index contributed by atoms with van der Waals surface area (Å²) in [6, 6.07) is 1.76. The zero-order chi connectivity index (χ0) is 12.5. The van der Waals surface area contributed by atoms with Gasteiger partial charge in [0, 0.05) is 12.7 Å². The summed E-state index contributed by atoms with van der Waals surface area (Å²) in [6.45, 7) is 1.38. The van der Waals surface area contributed by atoms with Crippen LogP contribution in [0.15, 0.2) is 24.9 Å². The third-order valence-corrected chi connectivity index (χ3v) is 2.66. The van der Waals surface area contributed by atoms with E-state index in [-0.39, 0.29) is 0 Å². The molecule has 0 fully saturated rings. The van der Waals surface area contributed by atoms with E-state index in [1.165, 1.54) is 6.33 Å². The normalized spacial score (nSPS) is 11.1. The van der Waals surface area contributed by atoms with Crippen LogP contribution in [0.25, 0.3) is 11.2 Å². The summed E-state index contributed by atoms with van der Waals surface area (Å²) in [7, 11) is 0. The van der Waals surface area contributed by atoms with Crippen molar-refractivity contribution in [3.63, 3.8) is 0 Å². The first-order chi connectivity index (χ1) is 8.74. The van der Waals surface area contributed by atoms with Gasteiger partial charge in [0.05, 0.1) is 12.9 Å². The van der Waals surface area contributed by atoms with Gasteiger partial charge >= 0.3 is 0 Å².